The third kappa shape index (κ3) is 2.77. The van der Waals surface area contributed by atoms with Gasteiger partial charge < -0.3 is 0 Å². The van der Waals surface area contributed by atoms with E-state index in [1.54, 1.807) is 48.7 Å². The van der Waals surface area contributed by atoms with Crippen molar-refractivity contribution in [2.24, 2.45) is 0 Å². The summed E-state index contributed by atoms with van der Waals surface area (Å²) in [5, 5.41) is 7.55. The lowest BCUT2D eigenvalue weighted by molar-refractivity contribution is 0.600. The van der Waals surface area contributed by atoms with Crippen LogP contribution in [-0.2, 0) is 10.0 Å². The molecule has 3 aromatic rings. The van der Waals surface area contributed by atoms with Gasteiger partial charge in [0.2, 0.25) is 0 Å². The summed E-state index contributed by atoms with van der Waals surface area (Å²) in [6.45, 7) is 0. The summed E-state index contributed by atoms with van der Waals surface area (Å²) in [7, 11) is -3.71. The molecule has 0 aliphatic carbocycles. The first-order chi connectivity index (χ1) is 10.2. The number of nitrogens with zero attached hydrogens (tertiary/aromatic N) is 3. The summed E-state index contributed by atoms with van der Waals surface area (Å²) in [6, 6.07) is 15.4. The Kier molecular flexibility index (Phi) is 3.41. The number of nitrogens with one attached hydrogen (secondary N) is 1. The van der Waals surface area contributed by atoms with Crippen molar-refractivity contribution in [1.82, 2.24) is 15.0 Å². The first kappa shape index (κ1) is 13.3. The minimum absolute atomic E-state index is 0.138. The van der Waals surface area contributed by atoms with E-state index in [2.05, 4.69) is 15.0 Å². The van der Waals surface area contributed by atoms with E-state index >= 15 is 0 Å². The van der Waals surface area contributed by atoms with Gasteiger partial charge in [0.15, 0.2) is 0 Å². The zero-order valence-corrected chi connectivity index (χ0v) is 11.7. The minimum atomic E-state index is -3.71. The second-order valence-electron chi connectivity index (χ2n) is 4.29. The molecule has 6 nitrogen and oxygen atoms in total. The minimum Gasteiger partial charge on any atom is -0.280 e. The maximum Gasteiger partial charge on any atom is 0.264 e. The van der Waals surface area contributed by atoms with Gasteiger partial charge in [-0.1, -0.05) is 35.5 Å². The van der Waals surface area contributed by atoms with Gasteiger partial charge in [-0.2, -0.15) is 0 Å². The predicted molar refractivity (Wildman–Crippen MR) is 78.6 cm³/mol. The second kappa shape index (κ2) is 5.37. The Morgan fingerprint density at radius 2 is 1.67 bits per heavy atom. The first-order valence-corrected chi connectivity index (χ1v) is 7.69. The van der Waals surface area contributed by atoms with Crippen LogP contribution < -0.4 is 4.72 Å². The first-order valence-electron chi connectivity index (χ1n) is 6.20. The fourth-order valence-electron chi connectivity index (χ4n) is 1.93. The molecule has 0 unspecified atom stereocenters. The summed E-state index contributed by atoms with van der Waals surface area (Å²) in [5.74, 6) is 0. The van der Waals surface area contributed by atoms with E-state index in [9.17, 15) is 8.42 Å². The third-order valence-electron chi connectivity index (χ3n) is 2.85. The van der Waals surface area contributed by atoms with Gasteiger partial charge in [-0.3, -0.25) is 4.72 Å². The average Bonchev–Trinajstić information content (AvgIpc) is 3.02. The largest absolute Gasteiger partial charge is 0.280 e. The van der Waals surface area contributed by atoms with E-state index in [0.29, 0.717) is 11.4 Å². The standard InChI is InChI=1S/C14H12N4O2S/c19-21(20,16-12-6-2-1-3-7-12)14-9-5-4-8-13(14)18-11-10-15-17-18/h1-11,16H. The zero-order valence-electron chi connectivity index (χ0n) is 10.9. The average molecular weight is 300 g/mol. The normalized spacial score (nSPS) is 11.2. The molecule has 0 aliphatic rings. The summed E-state index contributed by atoms with van der Waals surface area (Å²) in [5.41, 5.74) is 0.948. The van der Waals surface area contributed by atoms with Crippen molar-refractivity contribution in [1.29, 1.82) is 0 Å². The molecule has 0 spiro atoms. The fraction of sp³-hybridized carbons (Fsp3) is 0. The molecule has 0 saturated carbocycles. The molecule has 3 rings (SSSR count). The Hall–Kier alpha value is -2.67. The molecule has 0 bridgehead atoms. The molecule has 1 heterocycles. The second-order valence-corrected chi connectivity index (χ2v) is 5.94. The van der Waals surface area contributed by atoms with E-state index in [-0.39, 0.29) is 4.90 Å². The highest BCUT2D eigenvalue weighted by molar-refractivity contribution is 7.92. The monoisotopic (exact) mass is 300 g/mol. The zero-order chi connectivity index (χ0) is 14.7. The van der Waals surface area contributed by atoms with Crippen LogP contribution in [0.2, 0.25) is 0 Å². The van der Waals surface area contributed by atoms with Gasteiger partial charge in [-0.15, -0.1) is 5.10 Å². The topological polar surface area (TPSA) is 76.9 Å². The van der Waals surface area contributed by atoms with Crippen molar-refractivity contribution in [2.75, 3.05) is 4.72 Å². The van der Waals surface area contributed by atoms with Crippen molar-refractivity contribution in [3.63, 3.8) is 0 Å². The van der Waals surface area contributed by atoms with Crippen LogP contribution >= 0.6 is 0 Å². The molecule has 0 atom stereocenters. The van der Waals surface area contributed by atoms with Crippen LogP contribution in [0.5, 0.6) is 0 Å². The van der Waals surface area contributed by atoms with Crippen LogP contribution in [-0.4, -0.2) is 23.4 Å². The van der Waals surface area contributed by atoms with Gasteiger partial charge in [-0.25, -0.2) is 13.1 Å². The number of hydrogen-bond acceptors (Lipinski definition) is 4. The molecule has 2 aromatic carbocycles. The Balaban J connectivity index is 2.04. The molecule has 106 valence electrons. The maximum atomic E-state index is 12.5. The lowest BCUT2D eigenvalue weighted by Crippen LogP contribution is -2.15. The highest BCUT2D eigenvalue weighted by atomic mass is 32.2. The number of sulfonamides is 1. The molecule has 0 fully saturated rings. The lowest BCUT2D eigenvalue weighted by Gasteiger charge is -2.11. The number of hydrogen-bond donors (Lipinski definition) is 1. The van der Waals surface area contributed by atoms with E-state index in [1.807, 2.05) is 6.07 Å². The van der Waals surface area contributed by atoms with Gasteiger partial charge in [0.05, 0.1) is 18.1 Å². The van der Waals surface area contributed by atoms with Crippen molar-refractivity contribution < 1.29 is 8.42 Å². The molecule has 7 heteroatoms. The molecule has 0 saturated heterocycles. The van der Waals surface area contributed by atoms with E-state index < -0.39 is 10.0 Å². The van der Waals surface area contributed by atoms with Crippen LogP contribution in [0.3, 0.4) is 0 Å². The fourth-order valence-corrected chi connectivity index (χ4v) is 3.18. The van der Waals surface area contributed by atoms with Crippen molar-refractivity contribution in [3.8, 4) is 5.69 Å². The Morgan fingerprint density at radius 1 is 0.952 bits per heavy atom. The van der Waals surface area contributed by atoms with Crippen LogP contribution in [0.1, 0.15) is 0 Å². The number of benzene rings is 2. The van der Waals surface area contributed by atoms with Gasteiger partial charge >= 0.3 is 0 Å². The van der Waals surface area contributed by atoms with E-state index in [1.165, 1.54) is 16.9 Å². The third-order valence-corrected chi connectivity index (χ3v) is 4.28. The molecule has 0 radical (unpaired) electrons. The number of aromatic nitrogens is 3. The predicted octanol–water partition coefficient (Wildman–Crippen LogP) is 2.07. The highest BCUT2D eigenvalue weighted by Crippen LogP contribution is 2.21. The van der Waals surface area contributed by atoms with Crippen LogP contribution in [0.15, 0.2) is 71.9 Å². The molecule has 0 amide bonds. The number of rotatable bonds is 4. The molecule has 1 N–H and O–H groups in total. The van der Waals surface area contributed by atoms with Gasteiger partial charge in [0.25, 0.3) is 10.0 Å². The summed E-state index contributed by atoms with van der Waals surface area (Å²) >= 11 is 0. The maximum absolute atomic E-state index is 12.5. The number of anilines is 1. The summed E-state index contributed by atoms with van der Waals surface area (Å²) in [4.78, 5) is 0.138. The van der Waals surface area contributed by atoms with Crippen molar-refractivity contribution in [3.05, 3.63) is 67.0 Å². The highest BCUT2D eigenvalue weighted by Gasteiger charge is 2.19. The molecule has 1 aromatic heterocycles. The van der Waals surface area contributed by atoms with Crippen LogP contribution in [0.4, 0.5) is 5.69 Å². The van der Waals surface area contributed by atoms with Crippen molar-refractivity contribution in [2.45, 2.75) is 4.90 Å². The Bertz CT molecular complexity index is 830. The Labute approximate surface area is 122 Å². The molecular formula is C14H12N4O2S. The lowest BCUT2D eigenvalue weighted by atomic mass is 10.3. The van der Waals surface area contributed by atoms with Crippen molar-refractivity contribution >= 4 is 15.7 Å². The summed E-state index contributed by atoms with van der Waals surface area (Å²) in [6.07, 6.45) is 3.09. The van der Waals surface area contributed by atoms with Crippen LogP contribution in [0, 0.1) is 0 Å². The molecular weight excluding hydrogens is 288 g/mol. The van der Waals surface area contributed by atoms with Gasteiger partial charge in [0, 0.05) is 5.69 Å². The van der Waals surface area contributed by atoms with E-state index in [4.69, 9.17) is 0 Å². The van der Waals surface area contributed by atoms with E-state index in [0.717, 1.165) is 0 Å². The number of para-hydroxylation sites is 2. The Morgan fingerprint density at radius 3 is 2.38 bits per heavy atom. The quantitative estimate of drug-likeness (QED) is 0.800. The summed E-state index contributed by atoms with van der Waals surface area (Å²) < 4.78 is 29.1. The van der Waals surface area contributed by atoms with Gasteiger partial charge in [0.1, 0.15) is 4.90 Å². The smallest absolute Gasteiger partial charge is 0.264 e. The molecule has 21 heavy (non-hydrogen) atoms. The van der Waals surface area contributed by atoms with Gasteiger partial charge in [-0.05, 0) is 24.3 Å². The SMILES string of the molecule is O=S(=O)(Nc1ccccc1)c1ccccc1-n1ccnn1. The molecule has 0 aliphatic heterocycles. The van der Waals surface area contributed by atoms with Crippen LogP contribution in [0.25, 0.3) is 5.69 Å².